The van der Waals surface area contributed by atoms with Crippen LogP contribution in [0.1, 0.15) is 68.7 Å². The molecule has 2 heteroatoms. The summed E-state index contributed by atoms with van der Waals surface area (Å²) >= 11 is 1.96. The second-order valence-electron chi connectivity index (χ2n) is 5.22. The van der Waals surface area contributed by atoms with E-state index in [2.05, 4.69) is 45.1 Å². The highest BCUT2D eigenvalue weighted by Gasteiger charge is 2.22. The number of hydrogen-bond acceptors (Lipinski definition) is 2. The molecule has 1 atom stereocenters. The fourth-order valence-electron chi connectivity index (χ4n) is 2.64. The molecule has 1 nitrogen and oxygen atoms in total. The first kappa shape index (κ1) is 15.7. The minimum Gasteiger partial charge on any atom is -0.309 e. The van der Waals surface area contributed by atoms with Crippen molar-refractivity contribution in [3.8, 4) is 0 Å². The second-order valence-corrected chi connectivity index (χ2v) is 6.54. The highest BCUT2D eigenvalue weighted by Crippen LogP contribution is 2.33. The van der Waals surface area contributed by atoms with Gasteiger partial charge in [0.05, 0.1) is 0 Å². The van der Waals surface area contributed by atoms with E-state index in [4.69, 9.17) is 0 Å². The lowest BCUT2D eigenvalue weighted by atomic mass is 9.89. The third-order valence-corrected chi connectivity index (χ3v) is 4.56. The normalized spacial score (nSPS) is 13.2. The molecule has 1 rings (SSSR count). The fraction of sp³-hybridized carbons (Fsp3) is 0.750. The van der Waals surface area contributed by atoms with Crippen LogP contribution in [0.5, 0.6) is 0 Å². The van der Waals surface area contributed by atoms with Crippen LogP contribution in [0, 0.1) is 12.8 Å². The first-order chi connectivity index (χ1) is 8.72. The second kappa shape index (κ2) is 8.71. The summed E-state index contributed by atoms with van der Waals surface area (Å²) in [7, 11) is 0. The average Bonchev–Trinajstić information content (AvgIpc) is 2.77. The minimum absolute atomic E-state index is 0.573. The molecular formula is C16H29NS. The van der Waals surface area contributed by atoms with Crippen LogP contribution in [0.15, 0.2) is 12.1 Å². The quantitative estimate of drug-likeness (QED) is 0.639. The van der Waals surface area contributed by atoms with Crippen LogP contribution in [0.25, 0.3) is 0 Å². The van der Waals surface area contributed by atoms with Crippen molar-refractivity contribution in [1.29, 1.82) is 0 Å². The largest absolute Gasteiger partial charge is 0.309 e. The summed E-state index contributed by atoms with van der Waals surface area (Å²) in [6.07, 6.45) is 6.48. The van der Waals surface area contributed by atoms with Crippen molar-refractivity contribution in [1.82, 2.24) is 5.32 Å². The van der Waals surface area contributed by atoms with Crippen molar-refractivity contribution in [2.75, 3.05) is 6.54 Å². The molecule has 1 heterocycles. The van der Waals surface area contributed by atoms with Gasteiger partial charge in [0.1, 0.15) is 0 Å². The van der Waals surface area contributed by atoms with Crippen molar-refractivity contribution in [3.63, 3.8) is 0 Å². The molecule has 0 aromatic carbocycles. The topological polar surface area (TPSA) is 12.0 Å². The molecule has 1 unspecified atom stereocenters. The van der Waals surface area contributed by atoms with Crippen molar-refractivity contribution in [2.24, 2.45) is 5.92 Å². The molecule has 1 N–H and O–H groups in total. The highest BCUT2D eigenvalue weighted by atomic mass is 32.1. The summed E-state index contributed by atoms with van der Waals surface area (Å²) in [4.78, 5) is 2.97. The lowest BCUT2D eigenvalue weighted by molar-refractivity contribution is 0.320. The Morgan fingerprint density at radius 3 is 2.17 bits per heavy atom. The van der Waals surface area contributed by atoms with Crippen LogP contribution in [-0.4, -0.2) is 6.54 Å². The Morgan fingerprint density at radius 2 is 1.72 bits per heavy atom. The van der Waals surface area contributed by atoms with Gasteiger partial charge in [-0.2, -0.15) is 0 Å². The first-order valence-electron chi connectivity index (χ1n) is 7.52. The van der Waals surface area contributed by atoms with Crippen LogP contribution in [0.4, 0.5) is 0 Å². The van der Waals surface area contributed by atoms with Crippen LogP contribution >= 0.6 is 11.3 Å². The number of rotatable bonds is 9. The monoisotopic (exact) mass is 267 g/mol. The van der Waals surface area contributed by atoms with E-state index in [9.17, 15) is 0 Å². The number of nitrogens with one attached hydrogen (secondary N) is 1. The van der Waals surface area contributed by atoms with Gasteiger partial charge in [0.15, 0.2) is 0 Å². The van der Waals surface area contributed by atoms with Crippen molar-refractivity contribution >= 4 is 11.3 Å². The Balaban J connectivity index is 2.80. The number of aryl methyl sites for hydroxylation is 1. The Morgan fingerprint density at radius 1 is 1.06 bits per heavy atom. The molecule has 18 heavy (non-hydrogen) atoms. The van der Waals surface area contributed by atoms with Gasteiger partial charge < -0.3 is 5.32 Å². The third-order valence-electron chi connectivity index (χ3n) is 3.47. The van der Waals surface area contributed by atoms with E-state index in [0.717, 1.165) is 12.5 Å². The van der Waals surface area contributed by atoms with E-state index >= 15 is 0 Å². The molecular weight excluding hydrogens is 238 g/mol. The third kappa shape index (κ3) is 4.74. The molecule has 0 saturated heterocycles. The first-order valence-corrected chi connectivity index (χ1v) is 8.34. The van der Waals surface area contributed by atoms with Gasteiger partial charge in [-0.3, -0.25) is 0 Å². The highest BCUT2D eigenvalue weighted by molar-refractivity contribution is 7.12. The van der Waals surface area contributed by atoms with Gasteiger partial charge in [-0.25, -0.2) is 0 Å². The fourth-order valence-corrected chi connectivity index (χ4v) is 3.69. The Hall–Kier alpha value is -0.340. The maximum absolute atomic E-state index is 3.78. The van der Waals surface area contributed by atoms with E-state index in [1.165, 1.54) is 41.9 Å². The zero-order valence-corrected chi connectivity index (χ0v) is 13.3. The molecule has 0 radical (unpaired) electrons. The number of thiophene rings is 1. The van der Waals surface area contributed by atoms with Crippen LogP contribution in [-0.2, 0) is 0 Å². The Labute approximate surface area is 117 Å². The summed E-state index contributed by atoms with van der Waals surface area (Å²) in [6.45, 7) is 10.2. The Bertz CT molecular complexity index is 313. The molecule has 0 fully saturated rings. The summed E-state index contributed by atoms with van der Waals surface area (Å²) in [5.41, 5.74) is 0. The summed E-state index contributed by atoms with van der Waals surface area (Å²) in [6, 6.07) is 5.16. The lowest BCUT2D eigenvalue weighted by Crippen LogP contribution is -2.28. The Kier molecular flexibility index (Phi) is 7.60. The van der Waals surface area contributed by atoms with Gasteiger partial charge in [-0.1, -0.05) is 33.6 Å². The number of hydrogen-bond donors (Lipinski definition) is 1. The summed E-state index contributed by atoms with van der Waals surface area (Å²) in [5.74, 6) is 0.796. The maximum Gasteiger partial charge on any atom is 0.0443 e. The van der Waals surface area contributed by atoms with E-state index in [1.807, 2.05) is 11.3 Å². The van der Waals surface area contributed by atoms with Crippen LogP contribution in [0.2, 0.25) is 0 Å². The van der Waals surface area contributed by atoms with Gasteiger partial charge in [0.25, 0.3) is 0 Å². The zero-order chi connectivity index (χ0) is 13.4. The molecule has 1 aromatic rings. The lowest BCUT2D eigenvalue weighted by Gasteiger charge is -2.27. The molecule has 0 spiro atoms. The van der Waals surface area contributed by atoms with Crippen molar-refractivity contribution in [3.05, 3.63) is 21.9 Å². The average molecular weight is 267 g/mol. The van der Waals surface area contributed by atoms with Crippen molar-refractivity contribution in [2.45, 2.75) is 65.8 Å². The molecule has 0 aliphatic carbocycles. The SMILES string of the molecule is CCCNC(c1ccc(C)s1)C(CCC)CCC. The molecule has 0 bridgehead atoms. The zero-order valence-electron chi connectivity index (χ0n) is 12.5. The van der Waals surface area contributed by atoms with E-state index in [-0.39, 0.29) is 0 Å². The van der Waals surface area contributed by atoms with Crippen molar-refractivity contribution < 1.29 is 0 Å². The smallest absolute Gasteiger partial charge is 0.0443 e. The molecule has 1 aromatic heterocycles. The predicted octanol–water partition coefficient (Wildman–Crippen LogP) is 5.31. The van der Waals surface area contributed by atoms with Crippen LogP contribution in [0.3, 0.4) is 0 Å². The molecule has 0 amide bonds. The standard InChI is InChI=1S/C16H29NS/c1-5-8-14(9-6-2)16(17-12-7-3)15-11-10-13(4)18-15/h10-11,14,16-17H,5-9,12H2,1-4H3. The van der Waals surface area contributed by atoms with Gasteiger partial charge >= 0.3 is 0 Å². The molecule has 0 aliphatic rings. The predicted molar refractivity (Wildman–Crippen MR) is 83.4 cm³/mol. The maximum atomic E-state index is 3.78. The van der Waals surface area contributed by atoms with Gasteiger partial charge in [-0.15, -0.1) is 11.3 Å². The summed E-state index contributed by atoms with van der Waals surface area (Å²) < 4.78 is 0. The van der Waals surface area contributed by atoms with Crippen LogP contribution < -0.4 is 5.32 Å². The van der Waals surface area contributed by atoms with E-state index < -0.39 is 0 Å². The minimum atomic E-state index is 0.573. The van der Waals surface area contributed by atoms with Gasteiger partial charge in [0, 0.05) is 15.8 Å². The van der Waals surface area contributed by atoms with E-state index in [0.29, 0.717) is 6.04 Å². The van der Waals surface area contributed by atoms with Gasteiger partial charge in [-0.05, 0) is 50.8 Å². The molecule has 104 valence electrons. The van der Waals surface area contributed by atoms with Gasteiger partial charge in [0.2, 0.25) is 0 Å². The summed E-state index contributed by atoms with van der Waals surface area (Å²) in [5, 5.41) is 3.78. The van der Waals surface area contributed by atoms with E-state index in [1.54, 1.807) is 0 Å². The molecule has 0 saturated carbocycles. The molecule has 0 aliphatic heterocycles.